The lowest BCUT2D eigenvalue weighted by Crippen LogP contribution is -2.30. The highest BCUT2D eigenvalue weighted by Crippen LogP contribution is 2.41. The number of aryl methyl sites for hydroxylation is 4. The van der Waals surface area contributed by atoms with Crippen LogP contribution < -0.4 is 37.2 Å². The van der Waals surface area contributed by atoms with Gasteiger partial charge in [-0.15, -0.1) is 0 Å². The first kappa shape index (κ1) is 45.9. The summed E-state index contributed by atoms with van der Waals surface area (Å²) >= 11 is 0. The van der Waals surface area contributed by atoms with Crippen LogP contribution in [0.25, 0.3) is 89.7 Å². The standard InChI is InChI=1S/C60H50N12O4/c1-5-69-25-17-37(18-26-69)73-41-9-13-45-49(33-41)57-61-53(45)66-58-51-35-43(75-39-21-29-71(7-3)30-22-39)11-15-47(51)55(63-58)68-60-52-36-44(76-40-23-31-72(8-4)32-24-40)12-16-48(52)56(64-60)67-59-50-34-42(10-14-46(50)54(62-59)65-57)74-38-19-27-70(6-2)28-20-38/h9-36H,5-8H2,1-4H3,(H2,61,62,63,64,65,66,67,68)/q+4. The topological polar surface area (TPSA) is 161 Å². The minimum Gasteiger partial charge on any atom is -0.457 e. The number of nitrogens with zero attached hydrogens (tertiary/aromatic N) is 10. The van der Waals surface area contributed by atoms with Crippen LogP contribution in [0.2, 0.25) is 0 Å². The van der Waals surface area contributed by atoms with E-state index in [2.05, 4.69) is 55.9 Å². The lowest BCUT2D eigenvalue weighted by atomic mass is 10.1. The maximum Gasteiger partial charge on any atom is 0.172 e. The average Bonchev–Trinajstić information content (AvgIpc) is 4.20. The van der Waals surface area contributed by atoms with Crippen LogP contribution in [-0.2, 0) is 26.2 Å². The fourth-order valence-corrected chi connectivity index (χ4v) is 9.40. The van der Waals surface area contributed by atoms with Gasteiger partial charge in [-0.3, -0.25) is 0 Å². The van der Waals surface area contributed by atoms with Gasteiger partial charge in [0.1, 0.15) is 94.8 Å². The first-order valence-electron chi connectivity index (χ1n) is 25.4. The van der Waals surface area contributed by atoms with Crippen molar-refractivity contribution in [2.45, 2.75) is 53.9 Å². The van der Waals surface area contributed by atoms with Crippen molar-refractivity contribution in [3.05, 3.63) is 171 Å². The molecule has 7 aromatic heterocycles. The maximum absolute atomic E-state index is 6.45. The van der Waals surface area contributed by atoms with Crippen LogP contribution in [0.3, 0.4) is 0 Å². The van der Waals surface area contributed by atoms with E-state index in [1.165, 1.54) is 0 Å². The zero-order chi connectivity index (χ0) is 51.3. The number of rotatable bonds is 12. The molecule has 0 atom stereocenters. The molecular weight excluding hydrogens is 953 g/mol. The Morgan fingerprint density at radius 3 is 0.882 bits per heavy atom. The number of ether oxygens (including phenoxy) is 4. The van der Waals surface area contributed by atoms with Crippen LogP contribution in [0.4, 0.5) is 0 Å². The summed E-state index contributed by atoms with van der Waals surface area (Å²) in [5.41, 5.74) is 5.10. The molecule has 0 aliphatic carbocycles. The summed E-state index contributed by atoms with van der Waals surface area (Å²) in [5.74, 6) is 7.04. The van der Waals surface area contributed by atoms with Gasteiger partial charge in [-0.25, -0.2) is 48.2 Å². The molecule has 0 radical (unpaired) electrons. The molecule has 76 heavy (non-hydrogen) atoms. The zero-order valence-electron chi connectivity index (χ0n) is 42.1. The first-order chi connectivity index (χ1) is 37.3. The van der Waals surface area contributed by atoms with E-state index in [-0.39, 0.29) is 0 Å². The Kier molecular flexibility index (Phi) is 11.6. The number of hydrogen-bond acceptors (Lipinski definition) is 10. The fourth-order valence-electron chi connectivity index (χ4n) is 9.40. The van der Waals surface area contributed by atoms with Crippen molar-refractivity contribution in [3.8, 4) is 91.5 Å². The third-order valence-corrected chi connectivity index (χ3v) is 13.6. The van der Waals surface area contributed by atoms with Crippen LogP contribution in [-0.4, -0.2) is 39.9 Å². The highest BCUT2D eigenvalue weighted by molar-refractivity contribution is 6.07. The van der Waals surface area contributed by atoms with E-state index in [0.717, 1.165) is 70.0 Å². The van der Waals surface area contributed by atoms with E-state index < -0.39 is 0 Å². The Bertz CT molecular complexity index is 3950. The molecular formula is C60H50N12O4+4. The predicted molar refractivity (Wildman–Crippen MR) is 286 cm³/mol. The van der Waals surface area contributed by atoms with Crippen molar-refractivity contribution < 1.29 is 37.2 Å². The fraction of sp³-hybridized carbons (Fsp3) is 0.133. The molecule has 2 aliphatic rings. The number of hydrogen-bond donors (Lipinski definition) is 2. The van der Waals surface area contributed by atoms with Gasteiger partial charge in [0, 0.05) is 92.3 Å². The summed E-state index contributed by atoms with van der Waals surface area (Å²) in [6.45, 7) is 11.8. The molecule has 0 saturated carbocycles. The Morgan fingerprint density at radius 1 is 0.289 bits per heavy atom. The number of H-pyrrole nitrogens is 2. The third kappa shape index (κ3) is 8.80. The lowest BCUT2D eigenvalue weighted by molar-refractivity contribution is -0.693. The Labute approximate surface area is 435 Å². The first-order valence-corrected chi connectivity index (χ1v) is 25.4. The SMILES string of the molecule is CC[n+]1ccc(Oc2ccc3c(c2)-c2nc-3nc3[nH]c(nc4nc(nc5[nH]c(n2)c2ccc(Oc6cc[n+](CC)cc6)cc52)-c2ccc(Oc5cc[n+](CC)cc5)cc2-4)c2ccc(Oc4cc[n+](CC)cc4)cc32)cc1. The molecule has 4 aromatic carbocycles. The van der Waals surface area contributed by atoms with E-state index in [1.807, 2.05) is 171 Å². The minimum absolute atomic E-state index is 0.430. The summed E-state index contributed by atoms with van der Waals surface area (Å²) in [5, 5.41) is 3.11. The largest absolute Gasteiger partial charge is 0.457 e. The molecule has 11 aromatic rings. The zero-order valence-corrected chi connectivity index (χ0v) is 42.1. The number of nitrogens with one attached hydrogen (secondary N) is 2. The molecule has 0 unspecified atom stereocenters. The molecule has 8 bridgehead atoms. The van der Waals surface area contributed by atoms with Crippen molar-refractivity contribution in [2.24, 2.45) is 0 Å². The summed E-state index contributed by atoms with van der Waals surface area (Å²) in [6, 6.07) is 39.1. The number of fused-ring (bicyclic) bond motifs is 20. The van der Waals surface area contributed by atoms with E-state index in [4.69, 9.17) is 48.9 Å². The van der Waals surface area contributed by atoms with Crippen molar-refractivity contribution in [2.75, 3.05) is 0 Å². The smallest absolute Gasteiger partial charge is 0.172 e. The van der Waals surface area contributed by atoms with E-state index in [1.54, 1.807) is 0 Å². The molecule has 0 spiro atoms. The normalized spacial score (nSPS) is 11.6. The minimum atomic E-state index is 0.430. The second-order valence-corrected chi connectivity index (χ2v) is 18.3. The Morgan fingerprint density at radius 2 is 0.566 bits per heavy atom. The summed E-state index contributed by atoms with van der Waals surface area (Å²) < 4.78 is 34.1. The van der Waals surface area contributed by atoms with E-state index >= 15 is 0 Å². The van der Waals surface area contributed by atoms with Gasteiger partial charge in [0.25, 0.3) is 0 Å². The Hall–Kier alpha value is -9.96. The van der Waals surface area contributed by atoms with Gasteiger partial charge in [0.05, 0.1) is 0 Å². The van der Waals surface area contributed by atoms with Crippen LogP contribution in [0.15, 0.2) is 171 Å². The number of benzene rings is 4. The van der Waals surface area contributed by atoms with Gasteiger partial charge in [0.2, 0.25) is 0 Å². The molecule has 0 saturated heterocycles. The highest BCUT2D eigenvalue weighted by atomic mass is 16.5. The van der Waals surface area contributed by atoms with Gasteiger partial charge in [0.15, 0.2) is 72.9 Å². The molecule has 370 valence electrons. The molecule has 2 N–H and O–H groups in total. The van der Waals surface area contributed by atoms with Crippen LogP contribution in [0.5, 0.6) is 46.0 Å². The van der Waals surface area contributed by atoms with Crippen LogP contribution in [0.1, 0.15) is 27.7 Å². The Balaban J connectivity index is 1.04. The van der Waals surface area contributed by atoms with Crippen molar-refractivity contribution in [3.63, 3.8) is 0 Å². The maximum atomic E-state index is 6.45. The number of aromatic nitrogens is 12. The van der Waals surface area contributed by atoms with Gasteiger partial charge in [-0.1, -0.05) is 0 Å². The quantitative estimate of drug-likeness (QED) is 0.113. The van der Waals surface area contributed by atoms with Crippen molar-refractivity contribution >= 4 is 44.1 Å². The molecule has 16 heteroatoms. The molecule has 9 heterocycles. The molecule has 0 fully saturated rings. The summed E-state index contributed by atoms with van der Waals surface area (Å²) in [4.78, 5) is 38.8. The summed E-state index contributed by atoms with van der Waals surface area (Å²) in [7, 11) is 0. The second kappa shape index (κ2) is 19.1. The lowest BCUT2D eigenvalue weighted by Gasteiger charge is -2.07. The van der Waals surface area contributed by atoms with E-state index in [0.29, 0.717) is 91.9 Å². The van der Waals surface area contributed by atoms with Gasteiger partial charge in [-0.05, 0) is 100 Å². The third-order valence-electron chi connectivity index (χ3n) is 13.6. The number of pyridine rings is 4. The van der Waals surface area contributed by atoms with Gasteiger partial charge in [-0.2, -0.15) is 0 Å². The second-order valence-electron chi connectivity index (χ2n) is 18.3. The molecule has 0 amide bonds. The number of aromatic amines is 2. The van der Waals surface area contributed by atoms with Gasteiger partial charge >= 0.3 is 0 Å². The van der Waals surface area contributed by atoms with Crippen LogP contribution >= 0.6 is 0 Å². The van der Waals surface area contributed by atoms with Crippen molar-refractivity contribution in [1.82, 2.24) is 39.9 Å². The van der Waals surface area contributed by atoms with Crippen LogP contribution in [0, 0.1) is 0 Å². The molecule has 16 nitrogen and oxygen atoms in total. The molecule has 2 aliphatic heterocycles. The highest BCUT2D eigenvalue weighted by Gasteiger charge is 2.25. The summed E-state index contributed by atoms with van der Waals surface area (Å²) in [6.07, 6.45) is 16.0. The monoisotopic (exact) mass is 1000 g/mol. The van der Waals surface area contributed by atoms with Crippen molar-refractivity contribution in [1.29, 1.82) is 0 Å². The average molecular weight is 1000 g/mol. The predicted octanol–water partition coefficient (Wildman–Crippen LogP) is 11.3. The molecule has 13 rings (SSSR count). The van der Waals surface area contributed by atoms with E-state index in [9.17, 15) is 0 Å². The van der Waals surface area contributed by atoms with Gasteiger partial charge < -0.3 is 28.9 Å².